The molecule has 110 valence electrons. The average molecular weight is 284 g/mol. The number of rotatable bonds is 2. The molecule has 0 aromatic heterocycles. The van der Waals surface area contributed by atoms with Crippen molar-refractivity contribution in [1.82, 2.24) is 4.90 Å². The summed E-state index contributed by atoms with van der Waals surface area (Å²) in [6.45, 7) is 4.56. The number of hydrogen-bond acceptors (Lipinski definition) is 3. The first-order chi connectivity index (χ1) is 9.91. The van der Waals surface area contributed by atoms with E-state index in [2.05, 4.69) is 11.8 Å². The molecule has 2 rings (SSSR count). The molecule has 2 amide bonds. The summed E-state index contributed by atoms with van der Waals surface area (Å²) in [4.78, 5) is 25.6. The van der Waals surface area contributed by atoms with E-state index in [4.69, 9.17) is 5.73 Å². The van der Waals surface area contributed by atoms with Crippen LogP contribution in [0.3, 0.4) is 0 Å². The van der Waals surface area contributed by atoms with Crippen LogP contribution in [-0.4, -0.2) is 23.3 Å². The standard InChI is InChI=1S/C17H20N2O2/c1-17(2)10-15(20)19(16(21)11-17)12-14-7-5-13(6-8-14)4-3-9-18/h5-8H,9-12,18H2,1-2H3. The van der Waals surface area contributed by atoms with Crippen molar-refractivity contribution in [3.63, 3.8) is 0 Å². The van der Waals surface area contributed by atoms with Crippen molar-refractivity contribution in [1.29, 1.82) is 0 Å². The molecule has 0 aliphatic carbocycles. The van der Waals surface area contributed by atoms with Crippen LogP contribution in [0.1, 0.15) is 37.8 Å². The predicted molar refractivity (Wildman–Crippen MR) is 80.9 cm³/mol. The fourth-order valence-corrected chi connectivity index (χ4v) is 2.42. The van der Waals surface area contributed by atoms with E-state index >= 15 is 0 Å². The third-order valence-corrected chi connectivity index (χ3v) is 3.49. The van der Waals surface area contributed by atoms with Crippen LogP contribution in [0.15, 0.2) is 24.3 Å². The van der Waals surface area contributed by atoms with E-state index < -0.39 is 0 Å². The molecule has 0 saturated carbocycles. The lowest BCUT2D eigenvalue weighted by Crippen LogP contribution is -2.45. The Kier molecular flexibility index (Phi) is 4.44. The van der Waals surface area contributed by atoms with Crippen molar-refractivity contribution in [2.75, 3.05) is 6.54 Å². The summed E-state index contributed by atoms with van der Waals surface area (Å²) in [5, 5.41) is 0. The predicted octanol–water partition coefficient (Wildman–Crippen LogP) is 1.67. The second kappa shape index (κ2) is 6.11. The number of amides is 2. The van der Waals surface area contributed by atoms with Gasteiger partial charge in [0.25, 0.3) is 0 Å². The number of nitrogens with two attached hydrogens (primary N) is 1. The zero-order valence-corrected chi connectivity index (χ0v) is 12.5. The van der Waals surface area contributed by atoms with E-state index in [1.54, 1.807) is 0 Å². The van der Waals surface area contributed by atoms with Gasteiger partial charge in [-0.05, 0) is 23.1 Å². The minimum absolute atomic E-state index is 0.0942. The molecule has 0 bridgehead atoms. The van der Waals surface area contributed by atoms with Crippen LogP contribution in [0.5, 0.6) is 0 Å². The highest BCUT2D eigenvalue weighted by atomic mass is 16.2. The maximum Gasteiger partial charge on any atom is 0.230 e. The Morgan fingerprint density at radius 2 is 1.71 bits per heavy atom. The van der Waals surface area contributed by atoms with E-state index in [9.17, 15) is 9.59 Å². The quantitative estimate of drug-likeness (QED) is 0.664. The lowest BCUT2D eigenvalue weighted by atomic mass is 9.81. The monoisotopic (exact) mass is 284 g/mol. The number of piperidine rings is 1. The summed E-state index contributed by atoms with van der Waals surface area (Å²) in [6.07, 6.45) is 0.831. The van der Waals surface area contributed by atoms with E-state index in [0.29, 0.717) is 25.9 Å². The number of imide groups is 1. The van der Waals surface area contributed by atoms with Gasteiger partial charge < -0.3 is 5.73 Å². The molecule has 4 nitrogen and oxygen atoms in total. The van der Waals surface area contributed by atoms with Crippen LogP contribution in [0.25, 0.3) is 0 Å². The fourth-order valence-electron chi connectivity index (χ4n) is 2.42. The van der Waals surface area contributed by atoms with Gasteiger partial charge in [0.15, 0.2) is 0 Å². The van der Waals surface area contributed by atoms with Gasteiger partial charge in [-0.1, -0.05) is 37.8 Å². The van der Waals surface area contributed by atoms with Gasteiger partial charge in [-0.15, -0.1) is 0 Å². The molecule has 21 heavy (non-hydrogen) atoms. The van der Waals surface area contributed by atoms with Crippen molar-refractivity contribution in [2.24, 2.45) is 11.1 Å². The summed E-state index contributed by atoms with van der Waals surface area (Å²) >= 11 is 0. The SMILES string of the molecule is CC1(C)CC(=O)N(Cc2ccc(C#CCN)cc2)C(=O)C1. The normalized spacial score (nSPS) is 17.4. The fraction of sp³-hybridized carbons (Fsp3) is 0.412. The number of nitrogens with zero attached hydrogens (tertiary/aromatic N) is 1. The van der Waals surface area contributed by atoms with Gasteiger partial charge in [-0.25, -0.2) is 0 Å². The molecule has 1 aromatic carbocycles. The third kappa shape index (κ3) is 3.93. The first-order valence-corrected chi connectivity index (χ1v) is 7.02. The van der Waals surface area contributed by atoms with Crippen LogP contribution in [0, 0.1) is 17.3 Å². The van der Waals surface area contributed by atoms with Gasteiger partial charge >= 0.3 is 0 Å². The van der Waals surface area contributed by atoms with Crippen LogP contribution >= 0.6 is 0 Å². The molecule has 2 N–H and O–H groups in total. The van der Waals surface area contributed by atoms with Crippen molar-refractivity contribution >= 4 is 11.8 Å². The van der Waals surface area contributed by atoms with Gasteiger partial charge in [0.2, 0.25) is 11.8 Å². The Hall–Kier alpha value is -2.12. The van der Waals surface area contributed by atoms with Crippen molar-refractivity contribution in [3.8, 4) is 11.8 Å². The molecule has 1 aromatic rings. The number of carbonyl (C=O) groups excluding carboxylic acids is 2. The first kappa shape index (κ1) is 15.3. The molecule has 1 saturated heterocycles. The molecule has 4 heteroatoms. The Morgan fingerprint density at radius 3 is 2.24 bits per heavy atom. The number of hydrogen-bond donors (Lipinski definition) is 1. The lowest BCUT2D eigenvalue weighted by Gasteiger charge is -2.34. The Bertz CT molecular complexity index is 586. The maximum absolute atomic E-state index is 12.1. The van der Waals surface area contributed by atoms with E-state index in [1.807, 2.05) is 38.1 Å². The van der Waals surface area contributed by atoms with Gasteiger partial charge in [0, 0.05) is 18.4 Å². The number of benzene rings is 1. The summed E-state index contributed by atoms with van der Waals surface area (Å²) in [5.41, 5.74) is 6.90. The summed E-state index contributed by atoms with van der Waals surface area (Å²) in [7, 11) is 0. The molecule has 1 aliphatic rings. The van der Waals surface area contributed by atoms with Crippen LogP contribution in [0.2, 0.25) is 0 Å². The number of carbonyl (C=O) groups is 2. The Morgan fingerprint density at radius 1 is 1.14 bits per heavy atom. The van der Waals surface area contributed by atoms with E-state index in [0.717, 1.165) is 11.1 Å². The highest BCUT2D eigenvalue weighted by molar-refractivity contribution is 5.98. The smallest absolute Gasteiger partial charge is 0.230 e. The van der Waals surface area contributed by atoms with Gasteiger partial charge in [0.1, 0.15) is 0 Å². The highest BCUT2D eigenvalue weighted by Crippen LogP contribution is 2.32. The van der Waals surface area contributed by atoms with Crippen LogP contribution in [0.4, 0.5) is 0 Å². The molecular formula is C17H20N2O2. The summed E-state index contributed by atoms with van der Waals surface area (Å²) in [5.74, 6) is 5.54. The zero-order valence-electron chi connectivity index (χ0n) is 12.5. The molecule has 1 heterocycles. The molecular weight excluding hydrogens is 264 g/mol. The largest absolute Gasteiger partial charge is 0.320 e. The van der Waals surface area contributed by atoms with Crippen LogP contribution in [-0.2, 0) is 16.1 Å². The minimum Gasteiger partial charge on any atom is -0.320 e. The topological polar surface area (TPSA) is 63.4 Å². The zero-order chi connectivity index (χ0) is 15.5. The molecule has 0 spiro atoms. The van der Waals surface area contributed by atoms with E-state index in [1.165, 1.54) is 4.90 Å². The molecule has 0 unspecified atom stereocenters. The van der Waals surface area contributed by atoms with Crippen molar-refractivity contribution in [3.05, 3.63) is 35.4 Å². The maximum atomic E-state index is 12.1. The van der Waals surface area contributed by atoms with E-state index in [-0.39, 0.29) is 17.2 Å². The Labute approximate surface area is 125 Å². The number of likely N-dealkylation sites (tertiary alicyclic amines) is 1. The van der Waals surface area contributed by atoms with Gasteiger partial charge in [0.05, 0.1) is 13.1 Å². The van der Waals surface area contributed by atoms with Crippen molar-refractivity contribution in [2.45, 2.75) is 33.2 Å². The average Bonchev–Trinajstić information content (AvgIpc) is 2.41. The molecule has 0 atom stereocenters. The van der Waals surface area contributed by atoms with Crippen molar-refractivity contribution < 1.29 is 9.59 Å². The highest BCUT2D eigenvalue weighted by Gasteiger charge is 2.37. The van der Waals surface area contributed by atoms with Crippen LogP contribution < -0.4 is 5.73 Å². The molecule has 1 fully saturated rings. The molecule has 1 aliphatic heterocycles. The second-order valence-corrected chi connectivity index (χ2v) is 6.09. The minimum atomic E-state index is -0.230. The third-order valence-electron chi connectivity index (χ3n) is 3.49. The first-order valence-electron chi connectivity index (χ1n) is 7.02. The van der Waals surface area contributed by atoms with Gasteiger partial charge in [-0.3, -0.25) is 14.5 Å². The Balaban J connectivity index is 2.08. The molecule has 0 radical (unpaired) electrons. The lowest BCUT2D eigenvalue weighted by molar-refractivity contribution is -0.153. The second-order valence-electron chi connectivity index (χ2n) is 6.09. The summed E-state index contributed by atoms with van der Waals surface area (Å²) in [6, 6.07) is 7.53. The van der Waals surface area contributed by atoms with Gasteiger partial charge in [-0.2, -0.15) is 0 Å². The summed E-state index contributed by atoms with van der Waals surface area (Å²) < 4.78 is 0.